The molecule has 0 aliphatic heterocycles. The number of carbonyl (C=O) groups is 1. The predicted molar refractivity (Wildman–Crippen MR) is 158 cm³/mol. The molecule has 4 aromatic rings. The van der Waals surface area contributed by atoms with Crippen molar-refractivity contribution in [1.29, 1.82) is 0 Å². The zero-order valence-corrected chi connectivity index (χ0v) is 23.3. The van der Waals surface area contributed by atoms with Crippen LogP contribution in [0.3, 0.4) is 0 Å². The third kappa shape index (κ3) is 6.77. The fourth-order valence-corrected chi connectivity index (χ4v) is 4.25. The number of unbranched alkanes of at least 4 members (excludes halogenated alkanes) is 1. The normalized spacial score (nSPS) is 11.2. The summed E-state index contributed by atoms with van der Waals surface area (Å²) in [7, 11) is 1.58. The summed E-state index contributed by atoms with van der Waals surface area (Å²) >= 11 is 0. The van der Waals surface area contributed by atoms with E-state index >= 15 is 0 Å². The Kier molecular flexibility index (Phi) is 8.55. The van der Waals surface area contributed by atoms with Gasteiger partial charge in [-0.15, -0.1) is 0 Å². The van der Waals surface area contributed by atoms with Gasteiger partial charge in [0.1, 0.15) is 17.1 Å². The second-order valence-corrected chi connectivity index (χ2v) is 10.5. The van der Waals surface area contributed by atoms with E-state index in [9.17, 15) is 9.59 Å². The van der Waals surface area contributed by atoms with Crippen LogP contribution in [0.2, 0.25) is 0 Å². The summed E-state index contributed by atoms with van der Waals surface area (Å²) in [5.74, 6) is 0.974. The number of anilines is 1. The van der Waals surface area contributed by atoms with Crippen molar-refractivity contribution in [3.05, 3.63) is 100 Å². The summed E-state index contributed by atoms with van der Waals surface area (Å²) in [6.45, 7) is 9.24. The van der Waals surface area contributed by atoms with Gasteiger partial charge in [0.15, 0.2) is 0 Å². The molecule has 6 heteroatoms. The van der Waals surface area contributed by atoms with E-state index in [1.807, 2.05) is 54.6 Å². The molecule has 1 aromatic heterocycles. The molecule has 202 valence electrons. The van der Waals surface area contributed by atoms with E-state index in [4.69, 9.17) is 9.47 Å². The molecule has 3 aromatic carbocycles. The number of hydrogen-bond donors (Lipinski definition) is 2. The number of aromatic nitrogens is 1. The second-order valence-electron chi connectivity index (χ2n) is 10.5. The number of carbonyl (C=O) groups excluding carboxylic acids is 1. The number of hydrogen-bond acceptors (Lipinski definition) is 4. The van der Waals surface area contributed by atoms with Crippen molar-refractivity contribution in [2.45, 2.75) is 46.0 Å². The topological polar surface area (TPSA) is 80.4 Å². The molecule has 1 heterocycles. The molecule has 1 amide bonds. The van der Waals surface area contributed by atoms with Gasteiger partial charge in [0, 0.05) is 16.9 Å². The Labute approximate surface area is 230 Å². The SMILES string of the molecule is CCCCOc1ccc(-c2cc(-c3ccc(C(C)(C)C)cc3)c(C(=O)Nc3ccc(OC)cc3)c(=O)[nH]2)cc1. The third-order valence-corrected chi connectivity index (χ3v) is 6.60. The summed E-state index contributed by atoms with van der Waals surface area (Å²) in [4.78, 5) is 29.8. The maximum atomic E-state index is 13.4. The summed E-state index contributed by atoms with van der Waals surface area (Å²) < 4.78 is 11.0. The van der Waals surface area contributed by atoms with Gasteiger partial charge >= 0.3 is 0 Å². The Morgan fingerprint density at radius 2 is 1.49 bits per heavy atom. The maximum Gasteiger partial charge on any atom is 0.261 e. The van der Waals surface area contributed by atoms with Crippen LogP contribution in [0.25, 0.3) is 22.4 Å². The quantitative estimate of drug-likeness (QED) is 0.223. The van der Waals surface area contributed by atoms with Crippen molar-refractivity contribution < 1.29 is 14.3 Å². The van der Waals surface area contributed by atoms with Gasteiger partial charge in [-0.3, -0.25) is 9.59 Å². The summed E-state index contributed by atoms with van der Waals surface area (Å²) in [6.07, 6.45) is 2.06. The summed E-state index contributed by atoms with van der Waals surface area (Å²) in [5.41, 5.74) is 4.09. The van der Waals surface area contributed by atoms with Crippen LogP contribution in [0.5, 0.6) is 11.5 Å². The first-order valence-corrected chi connectivity index (χ1v) is 13.3. The van der Waals surface area contributed by atoms with Gasteiger partial charge in [-0.2, -0.15) is 0 Å². The van der Waals surface area contributed by atoms with Crippen LogP contribution in [0.4, 0.5) is 5.69 Å². The van der Waals surface area contributed by atoms with E-state index in [2.05, 4.69) is 38.0 Å². The molecule has 0 aliphatic rings. The highest BCUT2D eigenvalue weighted by Gasteiger charge is 2.21. The molecular formula is C33H36N2O4. The first-order valence-electron chi connectivity index (χ1n) is 13.3. The highest BCUT2D eigenvalue weighted by atomic mass is 16.5. The van der Waals surface area contributed by atoms with E-state index in [-0.39, 0.29) is 11.0 Å². The fourth-order valence-electron chi connectivity index (χ4n) is 4.25. The molecule has 0 radical (unpaired) electrons. The Morgan fingerprint density at radius 1 is 0.872 bits per heavy atom. The van der Waals surface area contributed by atoms with Crippen molar-refractivity contribution in [2.75, 3.05) is 19.0 Å². The Balaban J connectivity index is 1.74. The number of rotatable bonds is 9. The number of nitrogens with one attached hydrogen (secondary N) is 2. The number of aromatic amines is 1. The van der Waals surface area contributed by atoms with Crippen LogP contribution in [0, 0.1) is 0 Å². The third-order valence-electron chi connectivity index (χ3n) is 6.60. The number of methoxy groups -OCH3 is 1. The molecule has 0 atom stereocenters. The average Bonchev–Trinajstić information content (AvgIpc) is 2.93. The second kappa shape index (κ2) is 12.0. The fraction of sp³-hybridized carbons (Fsp3) is 0.273. The molecule has 0 unspecified atom stereocenters. The monoisotopic (exact) mass is 524 g/mol. The van der Waals surface area contributed by atoms with Gasteiger partial charge in [-0.25, -0.2) is 0 Å². The predicted octanol–water partition coefficient (Wildman–Crippen LogP) is 7.45. The lowest BCUT2D eigenvalue weighted by molar-refractivity contribution is 0.102. The Hall–Kier alpha value is -4.32. The van der Waals surface area contributed by atoms with E-state index in [1.54, 1.807) is 31.4 Å². The van der Waals surface area contributed by atoms with E-state index in [1.165, 1.54) is 5.56 Å². The lowest BCUT2D eigenvalue weighted by atomic mass is 9.86. The highest BCUT2D eigenvalue weighted by Crippen LogP contribution is 2.30. The van der Waals surface area contributed by atoms with Gasteiger partial charge < -0.3 is 19.8 Å². The Bertz CT molecular complexity index is 1460. The summed E-state index contributed by atoms with van der Waals surface area (Å²) in [6, 6.07) is 24.5. The van der Waals surface area contributed by atoms with Crippen LogP contribution in [0.1, 0.15) is 56.5 Å². The molecule has 0 saturated heterocycles. The molecule has 0 bridgehead atoms. The zero-order chi connectivity index (χ0) is 28.0. The minimum atomic E-state index is -0.484. The first-order chi connectivity index (χ1) is 18.7. The Morgan fingerprint density at radius 3 is 2.08 bits per heavy atom. The van der Waals surface area contributed by atoms with Gasteiger partial charge in [-0.05, 0) is 83.1 Å². The van der Waals surface area contributed by atoms with Gasteiger partial charge in [-0.1, -0.05) is 58.4 Å². The van der Waals surface area contributed by atoms with Crippen LogP contribution in [0.15, 0.2) is 83.7 Å². The zero-order valence-electron chi connectivity index (χ0n) is 23.3. The van der Waals surface area contributed by atoms with Crippen LogP contribution in [-0.4, -0.2) is 24.6 Å². The number of amides is 1. The van der Waals surface area contributed by atoms with Crippen molar-refractivity contribution in [3.63, 3.8) is 0 Å². The van der Waals surface area contributed by atoms with Gasteiger partial charge in [0.2, 0.25) is 0 Å². The molecule has 0 spiro atoms. The number of pyridine rings is 1. The van der Waals surface area contributed by atoms with Crippen molar-refractivity contribution in [1.82, 2.24) is 4.98 Å². The minimum absolute atomic E-state index is 0.0205. The molecule has 4 rings (SSSR count). The number of benzene rings is 3. The molecule has 6 nitrogen and oxygen atoms in total. The lowest BCUT2D eigenvalue weighted by Crippen LogP contribution is -2.25. The molecule has 0 saturated carbocycles. The van der Waals surface area contributed by atoms with E-state index in [0.29, 0.717) is 29.3 Å². The van der Waals surface area contributed by atoms with E-state index < -0.39 is 11.5 Å². The average molecular weight is 525 g/mol. The van der Waals surface area contributed by atoms with Crippen LogP contribution < -0.4 is 20.3 Å². The molecule has 0 aliphatic carbocycles. The number of ether oxygens (including phenoxy) is 2. The highest BCUT2D eigenvalue weighted by molar-refractivity contribution is 6.08. The van der Waals surface area contributed by atoms with Crippen molar-refractivity contribution in [2.24, 2.45) is 0 Å². The van der Waals surface area contributed by atoms with Crippen molar-refractivity contribution >= 4 is 11.6 Å². The maximum absolute atomic E-state index is 13.4. The molecule has 2 N–H and O–H groups in total. The van der Waals surface area contributed by atoms with Crippen LogP contribution >= 0.6 is 0 Å². The van der Waals surface area contributed by atoms with E-state index in [0.717, 1.165) is 29.7 Å². The lowest BCUT2D eigenvalue weighted by Gasteiger charge is -2.19. The molecule has 39 heavy (non-hydrogen) atoms. The standard InChI is InChI=1S/C33H36N2O4/c1-6-7-20-39-27-16-10-23(11-17-27)29-21-28(22-8-12-24(13-9-22)33(2,3)4)30(32(37)35-29)31(36)34-25-14-18-26(38-5)19-15-25/h8-19,21H,6-7,20H2,1-5H3,(H,34,36)(H,35,37). The molecule has 0 fully saturated rings. The molecular weight excluding hydrogens is 488 g/mol. The van der Waals surface area contributed by atoms with Crippen molar-refractivity contribution in [3.8, 4) is 33.9 Å². The van der Waals surface area contributed by atoms with Gasteiger partial charge in [0.25, 0.3) is 11.5 Å². The van der Waals surface area contributed by atoms with Gasteiger partial charge in [0.05, 0.1) is 13.7 Å². The largest absolute Gasteiger partial charge is 0.497 e. The first kappa shape index (κ1) is 27.7. The number of H-pyrrole nitrogens is 1. The minimum Gasteiger partial charge on any atom is -0.497 e. The van der Waals surface area contributed by atoms with Crippen LogP contribution in [-0.2, 0) is 5.41 Å². The smallest absolute Gasteiger partial charge is 0.261 e. The summed E-state index contributed by atoms with van der Waals surface area (Å²) in [5, 5.41) is 2.86.